The van der Waals surface area contributed by atoms with Crippen molar-refractivity contribution in [2.45, 2.75) is 12.5 Å². The lowest BCUT2D eigenvalue weighted by molar-refractivity contribution is -0.144. The molecule has 0 aromatic carbocycles. The highest BCUT2D eigenvalue weighted by Gasteiger charge is 2.27. The molecular formula is C6H9NO2. The summed E-state index contributed by atoms with van der Waals surface area (Å²) in [6, 6.07) is -0.137. The van der Waals surface area contributed by atoms with E-state index >= 15 is 0 Å². The van der Waals surface area contributed by atoms with Crippen molar-refractivity contribution in [3.63, 3.8) is 0 Å². The molecule has 0 amide bonds. The minimum atomic E-state index is -0.206. The lowest BCUT2D eigenvalue weighted by atomic mass is 10.0. The molecule has 0 saturated carbocycles. The fourth-order valence-electron chi connectivity index (χ4n) is 0.756. The highest BCUT2D eigenvalue weighted by molar-refractivity contribution is 5.77. The van der Waals surface area contributed by atoms with E-state index in [0.29, 0.717) is 6.42 Å². The molecule has 0 aliphatic carbocycles. The fourth-order valence-corrected chi connectivity index (χ4v) is 0.756. The van der Waals surface area contributed by atoms with Gasteiger partial charge in [0.15, 0.2) is 0 Å². The molecular weight excluding hydrogens is 118 g/mol. The zero-order valence-corrected chi connectivity index (χ0v) is 5.31. The summed E-state index contributed by atoms with van der Waals surface area (Å²) in [5, 5.41) is 2.82. The molecule has 9 heavy (non-hydrogen) atoms. The summed E-state index contributed by atoms with van der Waals surface area (Å²) in [6.45, 7) is 3.61. The van der Waals surface area contributed by atoms with Gasteiger partial charge in [0.2, 0.25) is 0 Å². The Balaban J connectivity index is 2.31. The van der Waals surface area contributed by atoms with Crippen molar-refractivity contribution in [1.29, 1.82) is 0 Å². The highest BCUT2D eigenvalue weighted by atomic mass is 16.5. The summed E-state index contributed by atoms with van der Waals surface area (Å²) in [7, 11) is 1.38. The molecule has 0 aromatic rings. The molecule has 1 heterocycles. The van der Waals surface area contributed by atoms with Gasteiger partial charge in [-0.15, -0.1) is 0 Å². The van der Waals surface area contributed by atoms with E-state index in [-0.39, 0.29) is 12.0 Å². The molecule has 0 bridgehead atoms. The Morgan fingerprint density at radius 1 is 2.00 bits per heavy atom. The van der Waals surface area contributed by atoms with Crippen LogP contribution in [0.3, 0.4) is 0 Å². The number of methoxy groups -OCH3 is 1. The Hall–Kier alpha value is -0.990. The van der Waals surface area contributed by atoms with Crippen molar-refractivity contribution < 1.29 is 9.53 Å². The summed E-state index contributed by atoms with van der Waals surface area (Å²) in [5.41, 5.74) is 0.908. The predicted octanol–water partition coefficient (Wildman–Crippen LogP) is 0.0350. The van der Waals surface area contributed by atoms with Crippen molar-refractivity contribution in [2.75, 3.05) is 7.11 Å². The second-order valence-electron chi connectivity index (χ2n) is 2.03. The molecule has 3 nitrogen and oxygen atoms in total. The molecule has 3 heteroatoms. The minimum Gasteiger partial charge on any atom is -0.467 e. The molecule has 1 aliphatic rings. The number of rotatable bonds is 1. The van der Waals surface area contributed by atoms with Crippen LogP contribution in [0.2, 0.25) is 0 Å². The van der Waals surface area contributed by atoms with E-state index in [1.165, 1.54) is 7.11 Å². The van der Waals surface area contributed by atoms with Gasteiger partial charge in [-0.25, -0.2) is 4.79 Å². The molecule has 1 aliphatic heterocycles. The third-order valence-corrected chi connectivity index (χ3v) is 1.31. The van der Waals surface area contributed by atoms with E-state index in [4.69, 9.17) is 0 Å². The van der Waals surface area contributed by atoms with Crippen LogP contribution in [0.1, 0.15) is 6.42 Å². The van der Waals surface area contributed by atoms with Crippen molar-refractivity contribution in [1.82, 2.24) is 5.32 Å². The van der Waals surface area contributed by atoms with Gasteiger partial charge in [-0.05, 0) is 0 Å². The number of carbonyl (C=O) groups excluding carboxylic acids is 1. The van der Waals surface area contributed by atoms with Crippen LogP contribution in [0.15, 0.2) is 12.3 Å². The Kier molecular flexibility index (Phi) is 1.42. The Bertz CT molecular complexity index is 145. The Morgan fingerprint density at radius 3 is 2.89 bits per heavy atom. The van der Waals surface area contributed by atoms with Crippen molar-refractivity contribution >= 4 is 5.97 Å². The molecule has 1 rings (SSSR count). The first-order chi connectivity index (χ1) is 4.24. The number of esters is 1. The van der Waals surface area contributed by atoms with Gasteiger partial charge >= 0.3 is 5.97 Å². The Morgan fingerprint density at radius 2 is 2.56 bits per heavy atom. The summed E-state index contributed by atoms with van der Waals surface area (Å²) in [4.78, 5) is 10.6. The average Bonchev–Trinajstić information content (AvgIpc) is 1.79. The molecule has 50 valence electrons. The maximum atomic E-state index is 10.6. The van der Waals surface area contributed by atoms with Gasteiger partial charge in [0.05, 0.1) is 7.11 Å². The van der Waals surface area contributed by atoms with Crippen LogP contribution in [-0.2, 0) is 9.53 Å². The van der Waals surface area contributed by atoms with Gasteiger partial charge in [-0.2, -0.15) is 0 Å². The second kappa shape index (κ2) is 2.09. The largest absolute Gasteiger partial charge is 0.467 e. The van der Waals surface area contributed by atoms with Crippen LogP contribution in [-0.4, -0.2) is 19.1 Å². The lowest BCUT2D eigenvalue weighted by Crippen LogP contribution is -2.46. The summed E-state index contributed by atoms with van der Waals surface area (Å²) in [5.74, 6) is -0.206. The first kappa shape index (κ1) is 6.13. The SMILES string of the molecule is C=C1C[C@@H](C(=O)OC)N1. The molecule has 1 fully saturated rings. The van der Waals surface area contributed by atoms with E-state index in [2.05, 4.69) is 16.6 Å². The van der Waals surface area contributed by atoms with Crippen LogP contribution >= 0.6 is 0 Å². The van der Waals surface area contributed by atoms with E-state index < -0.39 is 0 Å². The molecule has 1 atom stereocenters. The number of carbonyl (C=O) groups is 1. The monoisotopic (exact) mass is 127 g/mol. The number of nitrogens with one attached hydrogen (secondary N) is 1. The van der Waals surface area contributed by atoms with Gasteiger partial charge in [-0.1, -0.05) is 6.58 Å². The first-order valence-corrected chi connectivity index (χ1v) is 2.76. The second-order valence-corrected chi connectivity index (χ2v) is 2.03. The average molecular weight is 127 g/mol. The van der Waals surface area contributed by atoms with Gasteiger partial charge in [-0.3, -0.25) is 0 Å². The van der Waals surface area contributed by atoms with Crippen LogP contribution in [0, 0.1) is 0 Å². The Labute approximate surface area is 53.7 Å². The van der Waals surface area contributed by atoms with Gasteiger partial charge in [0.25, 0.3) is 0 Å². The maximum absolute atomic E-state index is 10.6. The molecule has 0 spiro atoms. The molecule has 0 radical (unpaired) electrons. The maximum Gasteiger partial charge on any atom is 0.328 e. The van der Waals surface area contributed by atoms with E-state index in [1.54, 1.807) is 0 Å². The topological polar surface area (TPSA) is 38.3 Å². The van der Waals surface area contributed by atoms with E-state index in [0.717, 1.165) is 5.70 Å². The van der Waals surface area contributed by atoms with Crippen molar-refractivity contribution in [3.05, 3.63) is 12.3 Å². The third kappa shape index (κ3) is 1.04. The van der Waals surface area contributed by atoms with Crippen LogP contribution in [0.4, 0.5) is 0 Å². The molecule has 1 N–H and O–H groups in total. The van der Waals surface area contributed by atoms with Crippen LogP contribution in [0.25, 0.3) is 0 Å². The molecule has 1 saturated heterocycles. The highest BCUT2D eigenvalue weighted by Crippen LogP contribution is 2.13. The van der Waals surface area contributed by atoms with Crippen molar-refractivity contribution in [2.24, 2.45) is 0 Å². The molecule has 0 aromatic heterocycles. The zero-order valence-electron chi connectivity index (χ0n) is 5.31. The van der Waals surface area contributed by atoms with Crippen molar-refractivity contribution in [3.8, 4) is 0 Å². The van der Waals surface area contributed by atoms with Crippen LogP contribution < -0.4 is 5.32 Å². The van der Waals surface area contributed by atoms with Gasteiger partial charge in [0, 0.05) is 12.1 Å². The van der Waals surface area contributed by atoms with Gasteiger partial charge in [0.1, 0.15) is 6.04 Å². The minimum absolute atomic E-state index is 0.137. The lowest BCUT2D eigenvalue weighted by Gasteiger charge is -2.28. The van der Waals surface area contributed by atoms with Crippen LogP contribution in [0.5, 0.6) is 0 Å². The van der Waals surface area contributed by atoms with Gasteiger partial charge < -0.3 is 10.1 Å². The predicted molar refractivity (Wildman–Crippen MR) is 32.7 cm³/mol. The fraction of sp³-hybridized carbons (Fsp3) is 0.500. The normalized spacial score (nSPS) is 24.1. The standard InChI is InChI=1S/C6H9NO2/c1-4-3-5(7-4)6(8)9-2/h5,7H,1,3H2,2H3/t5-/m0/s1. The van der Waals surface area contributed by atoms with E-state index in [1.807, 2.05) is 0 Å². The smallest absolute Gasteiger partial charge is 0.328 e. The molecule has 0 unspecified atom stereocenters. The third-order valence-electron chi connectivity index (χ3n) is 1.31. The summed E-state index contributed by atoms with van der Waals surface area (Å²) in [6.07, 6.45) is 0.715. The quantitative estimate of drug-likeness (QED) is 0.505. The summed E-state index contributed by atoms with van der Waals surface area (Å²) >= 11 is 0. The number of hydrogen-bond donors (Lipinski definition) is 1. The first-order valence-electron chi connectivity index (χ1n) is 2.76. The number of ether oxygens (including phenoxy) is 1. The number of hydrogen-bond acceptors (Lipinski definition) is 3. The van der Waals surface area contributed by atoms with E-state index in [9.17, 15) is 4.79 Å². The summed E-state index contributed by atoms with van der Waals surface area (Å²) < 4.78 is 4.46. The zero-order chi connectivity index (χ0) is 6.85.